The van der Waals surface area contributed by atoms with Crippen molar-refractivity contribution in [2.75, 3.05) is 0 Å². The van der Waals surface area contributed by atoms with Crippen LogP contribution >= 0.6 is 0 Å². The van der Waals surface area contributed by atoms with E-state index in [1.807, 2.05) is 0 Å². The van der Waals surface area contributed by atoms with Gasteiger partial charge in [-0.3, -0.25) is 0 Å². The molecule has 0 aliphatic carbocycles. The Morgan fingerprint density at radius 2 is 1.67 bits per heavy atom. The minimum atomic E-state index is -4.35. The summed E-state index contributed by atoms with van der Waals surface area (Å²) in [6.07, 6.45) is -2.88. The summed E-state index contributed by atoms with van der Waals surface area (Å²) in [5, 5.41) is 13.2. The molecule has 0 aromatic heterocycles. The first-order chi connectivity index (χ1) is 9.95. The summed E-state index contributed by atoms with van der Waals surface area (Å²) in [4.78, 5) is 0. The van der Waals surface area contributed by atoms with Gasteiger partial charge in [-0.2, -0.15) is 13.2 Å². The number of halogens is 3. The average Bonchev–Trinajstić information content (AvgIpc) is 2.47. The van der Waals surface area contributed by atoms with Gasteiger partial charge in [0.1, 0.15) is 0 Å². The average molecular weight is 291 g/mol. The van der Waals surface area contributed by atoms with Crippen molar-refractivity contribution in [3.8, 4) is 11.1 Å². The van der Waals surface area contributed by atoms with Crippen LogP contribution in [-0.2, 0) is 10.9 Å². The van der Waals surface area contributed by atoms with Gasteiger partial charge in [-0.25, -0.2) is 0 Å². The summed E-state index contributed by atoms with van der Waals surface area (Å²) in [7, 11) is -1.17. The van der Waals surface area contributed by atoms with Crippen LogP contribution in [0.25, 0.3) is 11.1 Å². The van der Waals surface area contributed by atoms with E-state index in [9.17, 15) is 18.2 Å². The van der Waals surface area contributed by atoms with E-state index in [1.165, 1.54) is 18.3 Å². The highest BCUT2D eigenvalue weighted by atomic mass is 19.4. The van der Waals surface area contributed by atoms with Gasteiger partial charge in [-0.15, -0.1) is 5.16 Å². The topological polar surface area (TPSA) is 41.8 Å². The van der Waals surface area contributed by atoms with Crippen molar-refractivity contribution >= 4 is 18.8 Å². The minimum absolute atomic E-state index is 0.530. The van der Waals surface area contributed by atoms with Gasteiger partial charge in [0.05, 0.1) is 11.8 Å². The second kappa shape index (κ2) is 4.93. The van der Waals surface area contributed by atoms with Crippen LogP contribution in [0.5, 0.6) is 0 Å². The van der Waals surface area contributed by atoms with Crippen LogP contribution in [0.3, 0.4) is 0 Å². The SMILES string of the molecule is OB1ON=Cc2ccc(-c3ccc(C(F)(F)F)cc3)cc21. The molecule has 1 N–H and O–H groups in total. The highest BCUT2D eigenvalue weighted by molar-refractivity contribution is 6.62. The van der Waals surface area contributed by atoms with Gasteiger partial charge in [-0.1, -0.05) is 30.3 Å². The van der Waals surface area contributed by atoms with E-state index < -0.39 is 18.9 Å². The molecule has 1 aliphatic heterocycles. The molecule has 0 amide bonds. The quantitative estimate of drug-likeness (QED) is 0.820. The third-order valence-electron chi connectivity index (χ3n) is 3.25. The van der Waals surface area contributed by atoms with E-state index >= 15 is 0 Å². The molecule has 1 aliphatic rings. The Morgan fingerprint density at radius 3 is 2.33 bits per heavy atom. The summed E-state index contributed by atoms with van der Waals surface area (Å²) in [6, 6.07) is 10.0. The van der Waals surface area contributed by atoms with Gasteiger partial charge in [-0.05, 0) is 28.8 Å². The number of hydrogen-bond donors (Lipinski definition) is 1. The lowest BCUT2D eigenvalue weighted by Gasteiger charge is -2.14. The molecule has 0 spiro atoms. The molecule has 0 radical (unpaired) electrons. The molecule has 0 atom stereocenters. The monoisotopic (exact) mass is 291 g/mol. The molecule has 3 nitrogen and oxygen atoms in total. The lowest BCUT2D eigenvalue weighted by atomic mass is 9.75. The Balaban J connectivity index is 1.98. The molecule has 2 aromatic carbocycles. The molecule has 7 heteroatoms. The van der Waals surface area contributed by atoms with Crippen molar-refractivity contribution in [1.29, 1.82) is 0 Å². The predicted molar refractivity (Wildman–Crippen MR) is 73.2 cm³/mol. The van der Waals surface area contributed by atoms with Crippen LogP contribution in [0.1, 0.15) is 11.1 Å². The fourth-order valence-corrected chi connectivity index (χ4v) is 2.14. The number of fused-ring (bicyclic) bond motifs is 1. The van der Waals surface area contributed by atoms with Gasteiger partial charge in [0.25, 0.3) is 0 Å². The van der Waals surface area contributed by atoms with Gasteiger partial charge >= 0.3 is 13.3 Å². The van der Waals surface area contributed by atoms with Crippen LogP contribution in [-0.4, -0.2) is 18.4 Å². The third kappa shape index (κ3) is 2.64. The van der Waals surface area contributed by atoms with Crippen molar-refractivity contribution in [2.45, 2.75) is 6.18 Å². The maximum Gasteiger partial charge on any atom is 0.583 e. The van der Waals surface area contributed by atoms with Crippen molar-refractivity contribution in [1.82, 2.24) is 0 Å². The zero-order valence-electron chi connectivity index (χ0n) is 10.6. The lowest BCUT2D eigenvalue weighted by Crippen LogP contribution is -2.37. The molecule has 0 saturated carbocycles. The van der Waals surface area contributed by atoms with E-state index in [-0.39, 0.29) is 0 Å². The molecule has 0 unspecified atom stereocenters. The summed E-state index contributed by atoms with van der Waals surface area (Å²) in [6.45, 7) is 0. The molecule has 0 saturated heterocycles. The number of benzene rings is 2. The second-order valence-corrected chi connectivity index (χ2v) is 4.61. The number of alkyl halides is 3. The third-order valence-corrected chi connectivity index (χ3v) is 3.25. The fraction of sp³-hybridized carbons (Fsp3) is 0.0714. The summed E-state index contributed by atoms with van der Waals surface area (Å²) in [5.41, 5.74) is 1.87. The highest BCUT2D eigenvalue weighted by Gasteiger charge is 2.30. The summed E-state index contributed by atoms with van der Waals surface area (Å²) in [5.74, 6) is 0. The smallest absolute Gasteiger partial charge is 0.427 e. The van der Waals surface area contributed by atoms with Gasteiger partial charge < -0.3 is 9.78 Å². The van der Waals surface area contributed by atoms with E-state index in [0.717, 1.165) is 12.1 Å². The Morgan fingerprint density at radius 1 is 1.00 bits per heavy atom. The second-order valence-electron chi connectivity index (χ2n) is 4.61. The molecule has 0 fully saturated rings. The van der Waals surface area contributed by atoms with Crippen LogP contribution in [0, 0.1) is 0 Å². The van der Waals surface area contributed by atoms with Crippen molar-refractivity contribution in [3.63, 3.8) is 0 Å². The predicted octanol–water partition coefficient (Wildman–Crippen LogP) is 2.42. The summed E-state index contributed by atoms with van der Waals surface area (Å²) >= 11 is 0. The molecule has 1 heterocycles. The molecular formula is C14H9BF3NO2. The van der Waals surface area contributed by atoms with Crippen molar-refractivity contribution < 1.29 is 23.0 Å². The first-order valence-corrected chi connectivity index (χ1v) is 6.14. The maximum absolute atomic E-state index is 12.5. The van der Waals surface area contributed by atoms with Crippen LogP contribution in [0.15, 0.2) is 47.6 Å². The zero-order chi connectivity index (χ0) is 15.0. The van der Waals surface area contributed by atoms with Crippen LogP contribution < -0.4 is 5.46 Å². The molecule has 21 heavy (non-hydrogen) atoms. The Labute approximate surface area is 118 Å². The first kappa shape index (κ1) is 13.7. The lowest BCUT2D eigenvalue weighted by molar-refractivity contribution is -0.137. The normalized spacial score (nSPS) is 13.8. The van der Waals surface area contributed by atoms with E-state index in [4.69, 9.17) is 4.76 Å². The standard InChI is InChI=1S/C14H9BF3NO2/c16-14(17,18)12-5-3-9(4-6-12)10-1-2-11-8-19-21-15(20)13(11)7-10/h1-8,20H. The number of rotatable bonds is 1. The van der Waals surface area contributed by atoms with E-state index in [1.54, 1.807) is 18.2 Å². The molecule has 3 rings (SSSR count). The highest BCUT2D eigenvalue weighted by Crippen LogP contribution is 2.30. The van der Waals surface area contributed by atoms with E-state index in [0.29, 0.717) is 22.2 Å². The molecular weight excluding hydrogens is 282 g/mol. The summed E-state index contributed by atoms with van der Waals surface area (Å²) < 4.78 is 42.3. The first-order valence-electron chi connectivity index (χ1n) is 6.14. The Kier molecular flexibility index (Phi) is 3.21. The maximum atomic E-state index is 12.5. The number of nitrogens with zero attached hydrogens (tertiary/aromatic N) is 1. The van der Waals surface area contributed by atoms with Crippen LogP contribution in [0.2, 0.25) is 0 Å². The van der Waals surface area contributed by atoms with Gasteiger partial charge in [0.15, 0.2) is 0 Å². The largest absolute Gasteiger partial charge is 0.583 e. The zero-order valence-corrected chi connectivity index (χ0v) is 10.6. The van der Waals surface area contributed by atoms with Crippen LogP contribution in [0.4, 0.5) is 13.2 Å². The Bertz CT molecular complexity index is 698. The molecule has 2 aromatic rings. The Hall–Kier alpha value is -2.28. The van der Waals surface area contributed by atoms with E-state index in [2.05, 4.69) is 5.16 Å². The van der Waals surface area contributed by atoms with Crippen molar-refractivity contribution in [3.05, 3.63) is 53.6 Å². The van der Waals surface area contributed by atoms with Gasteiger partial charge in [0, 0.05) is 5.46 Å². The minimum Gasteiger partial charge on any atom is -0.427 e. The number of hydrogen-bond acceptors (Lipinski definition) is 3. The van der Waals surface area contributed by atoms with Gasteiger partial charge in [0.2, 0.25) is 0 Å². The fourth-order valence-electron chi connectivity index (χ4n) is 2.14. The number of oxime groups is 1. The van der Waals surface area contributed by atoms with Crippen molar-refractivity contribution in [2.24, 2.45) is 5.16 Å². The molecule has 0 bridgehead atoms. The molecule has 106 valence electrons.